The van der Waals surface area contributed by atoms with Gasteiger partial charge in [0.25, 0.3) is 0 Å². The molecule has 0 saturated heterocycles. The molecular weight excluding hydrogens is 478 g/mol. The van der Waals surface area contributed by atoms with Gasteiger partial charge in [-0.15, -0.1) is 23.1 Å². The van der Waals surface area contributed by atoms with Gasteiger partial charge in [0.1, 0.15) is 5.82 Å². The van der Waals surface area contributed by atoms with Crippen LogP contribution in [0.3, 0.4) is 0 Å². The molecule has 1 aromatic heterocycles. The summed E-state index contributed by atoms with van der Waals surface area (Å²) < 4.78 is 2.04. The van der Waals surface area contributed by atoms with Crippen molar-refractivity contribution < 1.29 is 4.79 Å². The van der Waals surface area contributed by atoms with Crippen molar-refractivity contribution >= 4 is 50.5 Å². The first-order chi connectivity index (χ1) is 14.5. The van der Waals surface area contributed by atoms with E-state index in [1.54, 1.807) is 23.1 Å². The van der Waals surface area contributed by atoms with Gasteiger partial charge in [0.05, 0.1) is 27.5 Å². The van der Waals surface area contributed by atoms with Gasteiger partial charge in [0.15, 0.2) is 5.78 Å². The van der Waals surface area contributed by atoms with Crippen molar-refractivity contribution in [3.8, 4) is 6.07 Å². The quantitative estimate of drug-likeness (QED) is 0.504. The third kappa shape index (κ3) is 3.51. The van der Waals surface area contributed by atoms with E-state index in [1.807, 2.05) is 41.5 Å². The van der Waals surface area contributed by atoms with E-state index in [1.165, 1.54) is 0 Å². The number of nitrogens with two attached hydrogens (primary N) is 1. The summed E-state index contributed by atoms with van der Waals surface area (Å²) in [7, 11) is 0. The molecule has 0 unspecified atom stereocenters. The van der Waals surface area contributed by atoms with Gasteiger partial charge in [0.2, 0.25) is 0 Å². The fraction of sp³-hybridized carbons (Fsp3) is 0.304. The highest BCUT2D eigenvalue weighted by molar-refractivity contribution is 9.10. The third-order valence-corrected chi connectivity index (χ3v) is 8.32. The van der Waals surface area contributed by atoms with Crippen molar-refractivity contribution in [2.45, 2.75) is 43.2 Å². The molecule has 1 atom stereocenters. The number of thioether (sulfide) groups is 1. The van der Waals surface area contributed by atoms with E-state index < -0.39 is 5.92 Å². The molecule has 2 aromatic rings. The molecule has 30 heavy (non-hydrogen) atoms. The smallest absolute Gasteiger partial charge is 0.161 e. The number of allylic oxidation sites excluding steroid dienone is 3. The van der Waals surface area contributed by atoms with Gasteiger partial charge in [-0.1, -0.05) is 13.0 Å². The van der Waals surface area contributed by atoms with E-state index in [0.717, 1.165) is 55.4 Å². The standard InChI is InChI=1S/C23H22BrN3OS2/c1-3-29-23-14(9-10-30-23)20-15(12-25)22(26)27(17-5-4-6-19(28)21(17)20)18-11-13(2)7-8-16(18)24/h7-11,20H,3-6,26H2,1-2H3/t20-/m0/s1. The van der Waals surface area contributed by atoms with Crippen molar-refractivity contribution in [3.63, 3.8) is 0 Å². The first-order valence-corrected chi connectivity index (χ1v) is 12.6. The average Bonchev–Trinajstić information content (AvgIpc) is 3.18. The number of carbonyl (C=O) groups excluding carboxylic acids is 1. The highest BCUT2D eigenvalue weighted by Gasteiger charge is 2.41. The number of anilines is 1. The number of Topliss-reactive ketones (excluding diaryl/α,β-unsaturated/α-hetero) is 1. The van der Waals surface area contributed by atoms with Gasteiger partial charge >= 0.3 is 0 Å². The predicted octanol–water partition coefficient (Wildman–Crippen LogP) is 6.24. The van der Waals surface area contributed by atoms with Crippen molar-refractivity contribution in [1.82, 2.24) is 0 Å². The SMILES string of the molecule is CCSc1sccc1[C@H]1C(C#N)=C(N)N(c2cc(C)ccc2Br)C2=C1C(=O)CCC2. The van der Waals surface area contributed by atoms with Crippen LogP contribution in [-0.4, -0.2) is 11.5 Å². The second kappa shape index (κ2) is 8.62. The molecule has 2 N–H and O–H groups in total. The third-order valence-electron chi connectivity index (χ3n) is 5.50. The van der Waals surface area contributed by atoms with Crippen LogP contribution in [-0.2, 0) is 4.79 Å². The molecule has 1 aromatic carbocycles. The maximum Gasteiger partial charge on any atom is 0.161 e. The number of benzene rings is 1. The van der Waals surface area contributed by atoms with Crippen LogP contribution >= 0.6 is 39.0 Å². The fourth-order valence-electron chi connectivity index (χ4n) is 4.23. The molecule has 0 bridgehead atoms. The number of hydrogen-bond donors (Lipinski definition) is 1. The van der Waals surface area contributed by atoms with Crippen LogP contribution in [0.25, 0.3) is 0 Å². The summed E-state index contributed by atoms with van der Waals surface area (Å²) >= 11 is 7.05. The summed E-state index contributed by atoms with van der Waals surface area (Å²) in [5, 5.41) is 12.2. The molecule has 4 nitrogen and oxygen atoms in total. The Morgan fingerprint density at radius 2 is 2.17 bits per heavy atom. The lowest BCUT2D eigenvalue weighted by molar-refractivity contribution is -0.116. The molecule has 0 saturated carbocycles. The second-order valence-electron chi connectivity index (χ2n) is 7.37. The maximum atomic E-state index is 13.2. The molecule has 2 heterocycles. The molecule has 4 rings (SSSR count). The summed E-state index contributed by atoms with van der Waals surface area (Å²) in [4.78, 5) is 15.2. The Hall–Kier alpha value is -2.01. The minimum absolute atomic E-state index is 0.119. The lowest BCUT2D eigenvalue weighted by Gasteiger charge is -2.40. The average molecular weight is 500 g/mol. The van der Waals surface area contributed by atoms with Crippen molar-refractivity contribution in [2.75, 3.05) is 10.7 Å². The summed E-state index contributed by atoms with van der Waals surface area (Å²) in [6, 6.07) is 10.4. The number of rotatable bonds is 4. The van der Waals surface area contributed by atoms with Crippen LogP contribution in [0.2, 0.25) is 0 Å². The number of halogens is 1. The maximum absolute atomic E-state index is 13.2. The van der Waals surface area contributed by atoms with Gasteiger partial charge in [-0.3, -0.25) is 9.69 Å². The lowest BCUT2D eigenvalue weighted by Crippen LogP contribution is -2.39. The zero-order valence-electron chi connectivity index (χ0n) is 16.9. The van der Waals surface area contributed by atoms with E-state index >= 15 is 0 Å². The largest absolute Gasteiger partial charge is 0.384 e. The molecule has 0 amide bonds. The van der Waals surface area contributed by atoms with E-state index in [-0.39, 0.29) is 5.78 Å². The van der Waals surface area contributed by atoms with Gasteiger partial charge in [-0.05, 0) is 76.2 Å². The van der Waals surface area contributed by atoms with Gasteiger partial charge in [-0.25, -0.2) is 0 Å². The number of nitrogens with zero attached hydrogens (tertiary/aromatic N) is 2. The number of ketones is 1. The number of carbonyl (C=O) groups is 1. The van der Waals surface area contributed by atoms with Crippen LogP contribution in [0.5, 0.6) is 0 Å². The molecule has 0 spiro atoms. The number of hydrogen-bond acceptors (Lipinski definition) is 6. The zero-order valence-corrected chi connectivity index (χ0v) is 20.1. The first-order valence-electron chi connectivity index (χ1n) is 9.90. The summed E-state index contributed by atoms with van der Waals surface area (Å²) in [5.74, 6) is 1.08. The highest BCUT2D eigenvalue weighted by Crippen LogP contribution is 2.50. The monoisotopic (exact) mass is 499 g/mol. The molecule has 0 radical (unpaired) electrons. The molecule has 154 valence electrons. The Balaban J connectivity index is 1.99. The van der Waals surface area contributed by atoms with Crippen LogP contribution in [0.1, 0.15) is 43.2 Å². The second-order valence-corrected chi connectivity index (χ2v) is 10.7. The Kier molecular flexibility index (Phi) is 6.10. The Morgan fingerprint density at radius 1 is 1.37 bits per heavy atom. The van der Waals surface area contributed by atoms with Crippen molar-refractivity contribution in [1.29, 1.82) is 5.26 Å². The number of aryl methyl sites for hydroxylation is 1. The van der Waals surface area contributed by atoms with Crippen molar-refractivity contribution in [3.05, 3.63) is 67.9 Å². The lowest BCUT2D eigenvalue weighted by atomic mass is 9.76. The molecule has 7 heteroatoms. The Bertz CT molecular complexity index is 1130. The van der Waals surface area contributed by atoms with Crippen LogP contribution in [0.15, 0.2) is 61.0 Å². The van der Waals surface area contributed by atoms with Crippen LogP contribution < -0.4 is 10.6 Å². The zero-order chi connectivity index (χ0) is 21.4. The van der Waals surface area contributed by atoms with Crippen LogP contribution in [0, 0.1) is 18.3 Å². The van der Waals surface area contributed by atoms with E-state index in [0.29, 0.717) is 17.8 Å². The fourth-order valence-corrected chi connectivity index (χ4v) is 6.73. The molecule has 2 aliphatic rings. The molecule has 0 fully saturated rings. The highest BCUT2D eigenvalue weighted by atomic mass is 79.9. The van der Waals surface area contributed by atoms with Gasteiger partial charge in [0, 0.05) is 22.2 Å². The predicted molar refractivity (Wildman–Crippen MR) is 128 cm³/mol. The van der Waals surface area contributed by atoms with E-state index in [9.17, 15) is 10.1 Å². The summed E-state index contributed by atoms with van der Waals surface area (Å²) in [6.45, 7) is 4.13. The summed E-state index contributed by atoms with van der Waals surface area (Å²) in [6.07, 6.45) is 2.06. The minimum atomic E-state index is -0.391. The Morgan fingerprint density at radius 3 is 2.90 bits per heavy atom. The molecule has 1 aliphatic carbocycles. The minimum Gasteiger partial charge on any atom is -0.384 e. The van der Waals surface area contributed by atoms with Crippen molar-refractivity contribution in [2.24, 2.45) is 5.73 Å². The normalized spacial score (nSPS) is 19.2. The van der Waals surface area contributed by atoms with E-state index in [4.69, 9.17) is 5.73 Å². The molecular formula is C23H22BrN3OS2. The van der Waals surface area contributed by atoms with Crippen LogP contribution in [0.4, 0.5) is 5.69 Å². The van der Waals surface area contributed by atoms with E-state index in [2.05, 4.69) is 28.9 Å². The number of thiophene rings is 1. The summed E-state index contributed by atoms with van der Waals surface area (Å²) in [5.41, 5.74) is 11.8. The van der Waals surface area contributed by atoms with Gasteiger partial charge < -0.3 is 5.73 Å². The topological polar surface area (TPSA) is 70.1 Å². The number of nitriles is 1. The first kappa shape index (κ1) is 21.2. The molecule has 1 aliphatic heterocycles. The van der Waals surface area contributed by atoms with Gasteiger partial charge in [-0.2, -0.15) is 5.26 Å². The Labute approximate surface area is 193 Å².